The fraction of sp³-hybridized carbons (Fsp3) is 0.406. The number of nitrogens with zero attached hydrogens (tertiary/aromatic N) is 6. The predicted octanol–water partition coefficient (Wildman–Crippen LogP) is 4.10. The van der Waals surface area contributed by atoms with Gasteiger partial charge in [-0.3, -0.25) is 0 Å². The van der Waals surface area contributed by atoms with Gasteiger partial charge in [-0.05, 0) is 30.7 Å². The monoisotopic (exact) mass is 602 g/mol. The molecule has 0 saturated carbocycles. The van der Waals surface area contributed by atoms with E-state index in [0.29, 0.717) is 50.9 Å². The summed E-state index contributed by atoms with van der Waals surface area (Å²) < 4.78 is 41.3. The average molecular weight is 603 g/mol. The van der Waals surface area contributed by atoms with Crippen molar-refractivity contribution in [3.05, 3.63) is 59.9 Å². The summed E-state index contributed by atoms with van der Waals surface area (Å²) in [7, 11) is 0. The number of pyridine rings is 3. The second-order valence-electron chi connectivity index (χ2n) is 11.3. The van der Waals surface area contributed by atoms with Gasteiger partial charge in [0.25, 0.3) is 0 Å². The fourth-order valence-corrected chi connectivity index (χ4v) is 6.15. The molecule has 0 bridgehead atoms. The van der Waals surface area contributed by atoms with Crippen molar-refractivity contribution in [1.82, 2.24) is 20.3 Å². The molecule has 0 aliphatic carbocycles. The van der Waals surface area contributed by atoms with Crippen molar-refractivity contribution in [2.75, 3.05) is 98.8 Å². The molecule has 0 amide bonds. The molecule has 6 heterocycles. The quantitative estimate of drug-likeness (QED) is 0.336. The highest BCUT2D eigenvalue weighted by Gasteiger charge is 2.23. The molecule has 3 fully saturated rings. The first-order valence-electron chi connectivity index (χ1n) is 15.2. The van der Waals surface area contributed by atoms with Crippen LogP contribution in [0.1, 0.15) is 5.56 Å². The van der Waals surface area contributed by atoms with Gasteiger partial charge >= 0.3 is 0 Å². The third-order valence-corrected chi connectivity index (χ3v) is 8.51. The van der Waals surface area contributed by atoms with E-state index in [-0.39, 0.29) is 10.9 Å². The summed E-state index contributed by atoms with van der Waals surface area (Å²) in [6, 6.07) is 8.20. The minimum absolute atomic E-state index is 0.224. The number of hydrogen-bond donors (Lipinski definition) is 2. The van der Waals surface area contributed by atoms with E-state index < -0.39 is 11.6 Å². The molecule has 2 N–H and O–H groups in total. The van der Waals surface area contributed by atoms with Gasteiger partial charge in [0.2, 0.25) is 0 Å². The second-order valence-corrected chi connectivity index (χ2v) is 11.3. The number of benzene rings is 1. The van der Waals surface area contributed by atoms with Crippen LogP contribution in [0.3, 0.4) is 0 Å². The van der Waals surface area contributed by atoms with Crippen LogP contribution in [0.5, 0.6) is 0 Å². The third-order valence-electron chi connectivity index (χ3n) is 8.51. The molecule has 7 rings (SSSR count). The molecule has 0 radical (unpaired) electrons. The number of halogens is 2. The van der Waals surface area contributed by atoms with Gasteiger partial charge in [-0.15, -0.1) is 0 Å². The van der Waals surface area contributed by atoms with Crippen LogP contribution in [0.15, 0.2) is 42.7 Å². The molecule has 10 nitrogen and oxygen atoms in total. The standard InChI is InChI=1S/C32H36F2N8O2/c1-21-30(22-2-3-28(36-19-22)41-6-4-35-5-7-41)38-26-17-23(33)16-25(34)29(26)31(21)39-27-18-24(40-8-12-43-13-9-40)20-37-32(27)42-10-14-44-15-11-42/h2-3,16-20,35H,4-15H2,1H3,(H,38,39). The molecule has 3 saturated heterocycles. The maximum Gasteiger partial charge on any atom is 0.152 e. The lowest BCUT2D eigenvalue weighted by Gasteiger charge is -2.32. The number of anilines is 5. The summed E-state index contributed by atoms with van der Waals surface area (Å²) in [5, 5.41) is 7.14. The zero-order chi connectivity index (χ0) is 30.0. The van der Waals surface area contributed by atoms with Crippen LogP contribution in [-0.2, 0) is 9.47 Å². The van der Waals surface area contributed by atoms with E-state index >= 15 is 4.39 Å². The normalized spacial score (nSPS) is 17.8. The molecule has 0 spiro atoms. The first-order valence-corrected chi connectivity index (χ1v) is 15.2. The van der Waals surface area contributed by atoms with Crippen molar-refractivity contribution in [1.29, 1.82) is 0 Å². The third kappa shape index (κ3) is 5.72. The average Bonchev–Trinajstić information content (AvgIpc) is 3.07. The van der Waals surface area contributed by atoms with Gasteiger partial charge in [0.1, 0.15) is 17.5 Å². The van der Waals surface area contributed by atoms with Crippen LogP contribution in [0.25, 0.3) is 22.2 Å². The Kier molecular flexibility index (Phi) is 8.11. The maximum absolute atomic E-state index is 15.6. The molecule has 44 heavy (non-hydrogen) atoms. The van der Waals surface area contributed by atoms with Crippen LogP contribution in [0, 0.1) is 18.6 Å². The first-order chi connectivity index (χ1) is 21.5. The smallest absolute Gasteiger partial charge is 0.152 e. The summed E-state index contributed by atoms with van der Waals surface area (Å²) in [5.74, 6) is 0.286. The lowest BCUT2D eigenvalue weighted by molar-refractivity contribution is 0.122. The van der Waals surface area contributed by atoms with Crippen molar-refractivity contribution in [2.24, 2.45) is 0 Å². The number of aromatic nitrogens is 3. The van der Waals surface area contributed by atoms with Crippen LogP contribution in [0.4, 0.5) is 37.5 Å². The SMILES string of the molecule is Cc1c(-c2ccc(N3CCNCC3)nc2)nc2cc(F)cc(F)c2c1Nc1cc(N2CCOCC2)cnc1N1CCOCC1. The zero-order valence-corrected chi connectivity index (χ0v) is 24.8. The van der Waals surface area contributed by atoms with Crippen LogP contribution in [0.2, 0.25) is 0 Å². The Labute approximate surface area is 255 Å². The molecule has 3 aromatic heterocycles. The molecule has 3 aliphatic rings. The van der Waals surface area contributed by atoms with E-state index in [4.69, 9.17) is 24.4 Å². The van der Waals surface area contributed by atoms with Crippen LogP contribution < -0.4 is 25.3 Å². The number of rotatable bonds is 6. The largest absolute Gasteiger partial charge is 0.378 e. The van der Waals surface area contributed by atoms with Gasteiger partial charge in [-0.2, -0.15) is 0 Å². The summed E-state index contributed by atoms with van der Waals surface area (Å²) in [6.45, 7) is 10.9. The molecule has 3 aliphatic heterocycles. The number of piperazine rings is 1. The number of hydrogen-bond acceptors (Lipinski definition) is 10. The number of fused-ring (bicyclic) bond motifs is 1. The first kappa shape index (κ1) is 28.6. The Morgan fingerprint density at radius 2 is 1.55 bits per heavy atom. The maximum atomic E-state index is 15.6. The van der Waals surface area contributed by atoms with Crippen molar-refractivity contribution in [3.63, 3.8) is 0 Å². The van der Waals surface area contributed by atoms with Crippen molar-refractivity contribution in [3.8, 4) is 11.3 Å². The van der Waals surface area contributed by atoms with Gasteiger partial charge in [-0.25, -0.2) is 23.7 Å². The van der Waals surface area contributed by atoms with E-state index in [2.05, 4.69) is 31.4 Å². The van der Waals surface area contributed by atoms with E-state index in [9.17, 15) is 4.39 Å². The Balaban J connectivity index is 1.33. The molecule has 0 atom stereocenters. The number of morpholine rings is 2. The minimum Gasteiger partial charge on any atom is -0.378 e. The van der Waals surface area contributed by atoms with Gasteiger partial charge < -0.3 is 34.8 Å². The Hall–Kier alpha value is -4.13. The number of ether oxygens (including phenoxy) is 2. The van der Waals surface area contributed by atoms with E-state index in [0.717, 1.165) is 79.5 Å². The highest BCUT2D eigenvalue weighted by Crippen LogP contribution is 2.40. The Morgan fingerprint density at radius 3 is 2.25 bits per heavy atom. The van der Waals surface area contributed by atoms with Gasteiger partial charge in [0, 0.05) is 76.3 Å². The molecule has 0 unspecified atom stereocenters. The van der Waals surface area contributed by atoms with Crippen molar-refractivity contribution in [2.45, 2.75) is 6.92 Å². The van der Waals surface area contributed by atoms with E-state index in [1.807, 2.05) is 25.3 Å². The molecular weight excluding hydrogens is 566 g/mol. The van der Waals surface area contributed by atoms with Gasteiger partial charge in [0.05, 0.1) is 66.3 Å². The summed E-state index contributed by atoms with van der Waals surface area (Å²) in [5.41, 5.74) is 4.52. The molecule has 12 heteroatoms. The molecule has 1 aromatic carbocycles. The van der Waals surface area contributed by atoms with E-state index in [1.54, 1.807) is 6.20 Å². The highest BCUT2D eigenvalue weighted by molar-refractivity contribution is 5.99. The fourth-order valence-electron chi connectivity index (χ4n) is 6.15. The Morgan fingerprint density at radius 1 is 0.818 bits per heavy atom. The molecule has 230 valence electrons. The zero-order valence-electron chi connectivity index (χ0n) is 24.8. The predicted molar refractivity (Wildman–Crippen MR) is 168 cm³/mol. The van der Waals surface area contributed by atoms with Gasteiger partial charge in [0.15, 0.2) is 5.82 Å². The van der Waals surface area contributed by atoms with Crippen LogP contribution >= 0.6 is 0 Å². The summed E-state index contributed by atoms with van der Waals surface area (Å²) >= 11 is 0. The minimum atomic E-state index is -0.680. The lowest BCUT2D eigenvalue weighted by Crippen LogP contribution is -2.43. The second kappa shape index (κ2) is 12.5. The highest BCUT2D eigenvalue weighted by atomic mass is 19.1. The van der Waals surface area contributed by atoms with E-state index in [1.165, 1.54) is 6.07 Å². The summed E-state index contributed by atoms with van der Waals surface area (Å²) in [6.07, 6.45) is 3.67. The number of nitrogens with one attached hydrogen (secondary N) is 2. The van der Waals surface area contributed by atoms with Crippen molar-refractivity contribution < 1.29 is 18.3 Å². The van der Waals surface area contributed by atoms with Crippen molar-refractivity contribution >= 4 is 39.6 Å². The van der Waals surface area contributed by atoms with Gasteiger partial charge in [-0.1, -0.05) is 0 Å². The summed E-state index contributed by atoms with van der Waals surface area (Å²) in [4.78, 5) is 21.0. The van der Waals surface area contributed by atoms with Crippen LogP contribution in [-0.4, -0.2) is 93.7 Å². The molecular formula is C32H36F2N8O2. The lowest BCUT2D eigenvalue weighted by atomic mass is 10.0. The topological polar surface area (TPSA) is 90.9 Å². The molecule has 4 aromatic rings. The Bertz CT molecular complexity index is 1640.